The van der Waals surface area contributed by atoms with Crippen molar-refractivity contribution in [1.29, 1.82) is 0 Å². The molecule has 13 heteroatoms. The van der Waals surface area contributed by atoms with Crippen LogP contribution in [-0.4, -0.2) is 51.9 Å². The molecule has 0 spiro atoms. The van der Waals surface area contributed by atoms with Gasteiger partial charge in [-0.2, -0.15) is 13.5 Å². The van der Waals surface area contributed by atoms with Crippen LogP contribution in [0.5, 0.6) is 5.88 Å². The maximum Gasteiger partial charge on any atom is 0.283 e. The topological polar surface area (TPSA) is 135 Å². The Hall–Kier alpha value is -3.48. The Kier molecular flexibility index (Phi) is 5.97. The highest BCUT2D eigenvalue weighted by atomic mass is 32.2. The van der Waals surface area contributed by atoms with Gasteiger partial charge in [-0.3, -0.25) is 14.8 Å². The Bertz CT molecular complexity index is 1180. The van der Waals surface area contributed by atoms with Gasteiger partial charge in [0.2, 0.25) is 0 Å². The molecule has 0 aliphatic carbocycles. The van der Waals surface area contributed by atoms with Crippen LogP contribution in [0.1, 0.15) is 37.6 Å². The number of sulfonamides is 1. The highest BCUT2D eigenvalue weighted by molar-refractivity contribution is 7.90. The van der Waals surface area contributed by atoms with Gasteiger partial charge >= 0.3 is 0 Å². The number of carbonyl (C=O) groups excluding carboxylic acids is 1. The van der Waals surface area contributed by atoms with E-state index in [0.717, 1.165) is 0 Å². The van der Waals surface area contributed by atoms with Crippen LogP contribution < -0.4 is 14.6 Å². The Balaban J connectivity index is 2.05. The van der Waals surface area contributed by atoms with E-state index in [0.29, 0.717) is 6.42 Å². The second-order valence-electron chi connectivity index (χ2n) is 7.29. The van der Waals surface area contributed by atoms with Crippen molar-refractivity contribution in [3.05, 3.63) is 42.2 Å². The molecule has 31 heavy (non-hydrogen) atoms. The third-order valence-corrected chi connectivity index (χ3v) is 6.28. The summed E-state index contributed by atoms with van der Waals surface area (Å²) in [6.45, 7) is 5.87. The largest absolute Gasteiger partial charge is 0.354 e. The quantitative estimate of drug-likeness (QED) is 0.531. The first kappa shape index (κ1) is 22.2. The number of rotatable bonds is 8. The Morgan fingerprint density at radius 1 is 1.32 bits per heavy atom. The lowest BCUT2D eigenvalue weighted by atomic mass is 9.99. The zero-order valence-corrected chi connectivity index (χ0v) is 18.1. The summed E-state index contributed by atoms with van der Waals surface area (Å²) in [5, 5.41) is 9.56. The number of nitrogens with one attached hydrogen (secondary N) is 2. The molecule has 3 aromatic heterocycles. The van der Waals surface area contributed by atoms with Gasteiger partial charge in [0.05, 0.1) is 5.56 Å². The molecular weight excluding hydrogens is 429 g/mol. The molecule has 0 bridgehead atoms. The third-order valence-electron chi connectivity index (χ3n) is 5.05. The molecule has 2 N–H and O–H groups in total. The van der Waals surface area contributed by atoms with Crippen LogP contribution >= 0.6 is 0 Å². The molecule has 0 radical (unpaired) electrons. The monoisotopic (exact) mass is 451 g/mol. The molecule has 0 atom stereocenters. The van der Waals surface area contributed by atoms with Gasteiger partial charge in [-0.1, -0.05) is 6.92 Å². The van der Waals surface area contributed by atoms with E-state index < -0.39 is 21.5 Å². The van der Waals surface area contributed by atoms with E-state index in [1.54, 1.807) is 11.9 Å². The lowest BCUT2D eigenvalue weighted by molar-refractivity contribution is -0.0122. The molecule has 3 rings (SSSR count). The first-order valence-electron chi connectivity index (χ1n) is 9.25. The number of halogens is 1. The van der Waals surface area contributed by atoms with E-state index in [1.165, 1.54) is 41.3 Å². The zero-order valence-electron chi connectivity index (χ0n) is 17.3. The lowest BCUT2D eigenvalue weighted by Gasteiger charge is -2.36. The molecule has 0 saturated carbocycles. The van der Waals surface area contributed by atoms with Crippen LogP contribution in [0.15, 0.2) is 41.7 Å². The number of H-pyrrole nitrogens is 1. The SMILES string of the molecule is CCC(C)(C)N(C)c1nc(-n2ccc(OF)n2)ccc1C(=O)NS(=O)(=O)c1cc[nH]n1. The molecule has 0 saturated heterocycles. The van der Waals surface area contributed by atoms with E-state index in [4.69, 9.17) is 0 Å². The minimum atomic E-state index is -4.17. The average Bonchev–Trinajstić information content (AvgIpc) is 3.44. The second kappa shape index (κ2) is 8.34. The second-order valence-corrected chi connectivity index (χ2v) is 8.92. The molecule has 3 aromatic rings. The summed E-state index contributed by atoms with van der Waals surface area (Å²) in [5.41, 5.74) is -0.389. The molecular formula is C18H22FN7O4S. The number of hydrogen-bond acceptors (Lipinski definition) is 8. The number of nitrogens with zero attached hydrogens (tertiary/aromatic N) is 5. The van der Waals surface area contributed by atoms with Crippen molar-refractivity contribution in [3.63, 3.8) is 0 Å². The smallest absolute Gasteiger partial charge is 0.283 e. The molecule has 1 amide bonds. The third kappa shape index (κ3) is 4.50. The fourth-order valence-corrected chi connectivity index (χ4v) is 3.50. The van der Waals surface area contributed by atoms with Gasteiger partial charge in [0.1, 0.15) is 5.82 Å². The van der Waals surface area contributed by atoms with Crippen molar-refractivity contribution in [2.45, 2.75) is 37.8 Å². The van der Waals surface area contributed by atoms with E-state index in [-0.39, 0.29) is 28.1 Å². The highest BCUT2D eigenvalue weighted by Gasteiger charge is 2.29. The fraction of sp³-hybridized carbons (Fsp3) is 0.333. The Morgan fingerprint density at radius 3 is 2.65 bits per heavy atom. The summed E-state index contributed by atoms with van der Waals surface area (Å²) in [7, 11) is -2.43. The predicted molar refractivity (Wildman–Crippen MR) is 109 cm³/mol. The first-order chi connectivity index (χ1) is 14.6. The standard InChI is InChI=1S/C18H22FN7O4S/c1-5-18(2,3)25(4)16-12(17(27)24-31(28,29)15-8-10-20-22-15)6-7-13(21-16)26-11-9-14(23-26)30-19/h6-11H,5H2,1-4H3,(H,20,22)(H,24,27). The normalized spacial score (nSPS) is 11.9. The number of aromatic amines is 1. The van der Waals surface area contributed by atoms with Gasteiger partial charge in [0.15, 0.2) is 10.8 Å². The number of pyridine rings is 1. The minimum absolute atomic E-state index is 0.0287. The van der Waals surface area contributed by atoms with Crippen LogP contribution in [-0.2, 0) is 10.0 Å². The van der Waals surface area contributed by atoms with Crippen LogP contribution in [0.25, 0.3) is 5.82 Å². The van der Waals surface area contributed by atoms with Crippen molar-refractivity contribution in [3.8, 4) is 11.7 Å². The maximum atomic E-state index is 12.9. The summed E-state index contributed by atoms with van der Waals surface area (Å²) in [6, 6.07) is 5.42. The van der Waals surface area contributed by atoms with Gasteiger partial charge in [0, 0.05) is 35.6 Å². The summed E-state index contributed by atoms with van der Waals surface area (Å²) in [5.74, 6) is -0.623. The molecule has 0 aromatic carbocycles. The van der Waals surface area contributed by atoms with Gasteiger partial charge in [-0.05, 0) is 38.5 Å². The summed E-state index contributed by atoms with van der Waals surface area (Å²) in [6.07, 6.45) is 3.48. The first-order valence-corrected chi connectivity index (χ1v) is 10.7. The molecule has 3 heterocycles. The molecule has 0 unspecified atom stereocenters. The average molecular weight is 451 g/mol. The summed E-state index contributed by atoms with van der Waals surface area (Å²) in [4.78, 5) is 22.8. The van der Waals surface area contributed by atoms with Crippen molar-refractivity contribution in [2.24, 2.45) is 0 Å². The molecule has 0 aliphatic rings. The van der Waals surface area contributed by atoms with E-state index in [2.05, 4.69) is 25.2 Å². The van der Waals surface area contributed by atoms with Gasteiger partial charge < -0.3 is 4.90 Å². The molecule has 0 fully saturated rings. The highest BCUT2D eigenvalue weighted by Crippen LogP contribution is 2.28. The van der Waals surface area contributed by atoms with Gasteiger partial charge in [-0.15, -0.1) is 5.10 Å². The molecule has 11 nitrogen and oxygen atoms in total. The van der Waals surface area contributed by atoms with E-state index in [9.17, 15) is 17.7 Å². The number of hydrogen-bond donors (Lipinski definition) is 2. The Labute approximate surface area is 178 Å². The van der Waals surface area contributed by atoms with Crippen LogP contribution in [0.4, 0.5) is 10.3 Å². The van der Waals surface area contributed by atoms with Crippen LogP contribution in [0, 0.1) is 0 Å². The van der Waals surface area contributed by atoms with Crippen molar-refractivity contribution < 1.29 is 22.7 Å². The van der Waals surface area contributed by atoms with E-state index >= 15 is 0 Å². The zero-order chi connectivity index (χ0) is 22.8. The maximum absolute atomic E-state index is 12.9. The molecule has 0 aliphatic heterocycles. The fourth-order valence-electron chi connectivity index (χ4n) is 2.62. The number of carbonyl (C=O) groups is 1. The number of anilines is 1. The lowest BCUT2D eigenvalue weighted by Crippen LogP contribution is -2.43. The number of aromatic nitrogens is 5. The van der Waals surface area contributed by atoms with Crippen molar-refractivity contribution in [1.82, 2.24) is 29.7 Å². The van der Waals surface area contributed by atoms with Gasteiger partial charge in [0.25, 0.3) is 21.8 Å². The minimum Gasteiger partial charge on any atom is -0.354 e. The van der Waals surface area contributed by atoms with Crippen molar-refractivity contribution >= 4 is 21.7 Å². The Morgan fingerprint density at radius 2 is 2.06 bits per heavy atom. The molecule has 166 valence electrons. The summed E-state index contributed by atoms with van der Waals surface area (Å²) >= 11 is 0. The van der Waals surface area contributed by atoms with E-state index in [1.807, 2.05) is 25.5 Å². The van der Waals surface area contributed by atoms with Crippen LogP contribution in [0.2, 0.25) is 0 Å². The van der Waals surface area contributed by atoms with Crippen LogP contribution in [0.3, 0.4) is 0 Å². The van der Waals surface area contributed by atoms with Gasteiger partial charge in [-0.25, -0.2) is 14.4 Å². The predicted octanol–water partition coefficient (Wildman–Crippen LogP) is 2.00. The summed E-state index contributed by atoms with van der Waals surface area (Å²) < 4.78 is 40.5. The van der Waals surface area contributed by atoms with Crippen molar-refractivity contribution in [2.75, 3.05) is 11.9 Å². The number of amides is 1.